The maximum Gasteiger partial charge on any atom is 0.314 e. The number of likely N-dealkylation sites (tertiary alicyclic amines) is 2. The average molecular weight is 1340 g/mol. The number of ether oxygens (including phenoxy) is 6. The van der Waals surface area contributed by atoms with Gasteiger partial charge in [-0.1, -0.05) is 59.7 Å². The Bertz CT molecular complexity index is 2930. The maximum atomic E-state index is 13.4. The van der Waals surface area contributed by atoms with Crippen LogP contribution in [-0.2, 0) is 56.4 Å². The molecule has 25 heteroatoms. The van der Waals surface area contributed by atoms with Crippen molar-refractivity contribution >= 4 is 78.1 Å². The number of carbonyl (C=O) groups is 2. The van der Waals surface area contributed by atoms with Crippen LogP contribution in [0.25, 0.3) is 0 Å². The number of Topliss-reactive ketones (excluding diaryl/α,β-unsaturated/α-hetero) is 1. The van der Waals surface area contributed by atoms with Crippen LogP contribution in [0.5, 0.6) is 11.5 Å². The zero-order valence-electron chi connectivity index (χ0n) is 50.4. The lowest BCUT2D eigenvalue weighted by molar-refractivity contribution is -0.119. The quantitative estimate of drug-likeness (QED) is 0.0269. The molecule has 8 rings (SSSR count). The zero-order chi connectivity index (χ0) is 62.8. The second-order valence-electron chi connectivity index (χ2n) is 23.7. The molecule has 4 aromatic rings. The van der Waals surface area contributed by atoms with Crippen LogP contribution in [0.3, 0.4) is 0 Å². The average Bonchev–Trinajstić information content (AvgIpc) is 1.70. The van der Waals surface area contributed by atoms with E-state index in [0.717, 1.165) is 93.4 Å². The molecule has 2 saturated heterocycles. The highest BCUT2D eigenvalue weighted by molar-refractivity contribution is 7.91. The van der Waals surface area contributed by atoms with Crippen LogP contribution in [0.2, 0.25) is 20.1 Å². The topological polar surface area (TPSA) is 252 Å². The lowest BCUT2D eigenvalue weighted by Gasteiger charge is -2.38. The number of sulfonamides is 1. The summed E-state index contributed by atoms with van der Waals surface area (Å²) >= 11 is 26.2. The molecule has 0 aromatic heterocycles. The van der Waals surface area contributed by atoms with E-state index in [1.165, 1.54) is 12.1 Å². The number of amides is 2. The van der Waals surface area contributed by atoms with Crippen molar-refractivity contribution in [1.82, 2.24) is 25.2 Å². The van der Waals surface area contributed by atoms with Gasteiger partial charge in [-0.3, -0.25) is 14.6 Å². The van der Waals surface area contributed by atoms with Crippen molar-refractivity contribution in [3.63, 3.8) is 0 Å². The molecule has 0 radical (unpaired) electrons. The summed E-state index contributed by atoms with van der Waals surface area (Å²) in [4.78, 5) is 29.7. The molecule has 2 fully saturated rings. The minimum atomic E-state index is -3.85. The Hall–Kier alpha value is -3.88. The van der Waals surface area contributed by atoms with Crippen LogP contribution in [0.15, 0.2) is 82.6 Å². The number of unbranched alkanes of at least 4 members (excludes halogenated alkanes) is 2. The van der Waals surface area contributed by atoms with E-state index in [4.69, 9.17) is 86.3 Å². The molecule has 486 valence electrons. The van der Waals surface area contributed by atoms with E-state index >= 15 is 0 Å². The lowest BCUT2D eigenvalue weighted by Crippen LogP contribution is -2.49. The number of hydrogen-bond donors (Lipinski definition) is 5. The predicted molar refractivity (Wildman–Crippen MR) is 343 cm³/mol. The number of nitrogens with zero attached hydrogens (tertiary/aromatic N) is 2. The summed E-state index contributed by atoms with van der Waals surface area (Å²) in [5.74, 6) is 0.869. The molecule has 88 heavy (non-hydrogen) atoms. The minimum absolute atomic E-state index is 0.00659. The molecule has 0 bridgehead atoms. The number of hydrogen-bond acceptors (Lipinski definition) is 16. The molecule has 4 aromatic carbocycles. The van der Waals surface area contributed by atoms with Gasteiger partial charge in [0.05, 0.1) is 73.9 Å². The van der Waals surface area contributed by atoms with Gasteiger partial charge in [-0.05, 0) is 168 Å². The minimum Gasteiger partial charge on any atom is -0.484 e. The summed E-state index contributed by atoms with van der Waals surface area (Å²) in [6.07, 6.45) is 8.38. The first-order valence-electron chi connectivity index (χ1n) is 30.8. The first kappa shape index (κ1) is 70.0. The standard InChI is InChI=1S/C63H87Cl4N7O12S2/c1-42(41-87(77,78)51-17-13-49(14-18-51)85-61-55-31-44(64)33-57(66)53(55)35-59(61)73-23-6-9-46(68)37-73)39-83-29-28-82-26-22-71-63(76)70-21-5-3-4-11-48(75)12-8-25-81-27-30-84-40-43(2)72-88(79,80)52-19-15-50(16-20-52)86-62-56-32-45(65)34-58(67)54(56)36-60(62)74-24-7-10-47(69)38-74/h13-20,31-34,42-43,46-47,59-62,72H,3-12,21-30,35-41,68-69H2,1-2H3,(H2,70,71,76)/t42-,43-,46-,47-,59+,60+,61+,62+/m1/s1. The van der Waals surface area contributed by atoms with Gasteiger partial charge in [0.25, 0.3) is 0 Å². The smallest absolute Gasteiger partial charge is 0.314 e. The Morgan fingerprint density at radius 2 is 1.10 bits per heavy atom. The van der Waals surface area contributed by atoms with Crippen molar-refractivity contribution in [3.8, 4) is 11.5 Å². The summed E-state index contributed by atoms with van der Waals surface area (Å²) in [7, 11) is -7.46. The van der Waals surface area contributed by atoms with Gasteiger partial charge in [0.15, 0.2) is 9.84 Å². The van der Waals surface area contributed by atoms with Crippen LogP contribution in [0.4, 0.5) is 4.79 Å². The van der Waals surface area contributed by atoms with E-state index < -0.39 is 25.9 Å². The molecule has 2 amide bonds. The fourth-order valence-corrected chi connectivity index (χ4v) is 16.0. The number of urea groups is 1. The van der Waals surface area contributed by atoms with Crippen LogP contribution in [0.1, 0.15) is 113 Å². The fourth-order valence-electron chi connectivity index (χ4n) is 12.0. The zero-order valence-corrected chi connectivity index (χ0v) is 55.1. The van der Waals surface area contributed by atoms with Crippen molar-refractivity contribution in [1.29, 1.82) is 0 Å². The molecular formula is C63H87Cl4N7O12S2. The third-order valence-electron chi connectivity index (χ3n) is 16.4. The van der Waals surface area contributed by atoms with Gasteiger partial charge in [0.2, 0.25) is 10.0 Å². The number of nitrogens with two attached hydrogens (primary N) is 2. The highest BCUT2D eigenvalue weighted by Gasteiger charge is 2.42. The van der Waals surface area contributed by atoms with Gasteiger partial charge in [0, 0.05) is 95.0 Å². The van der Waals surface area contributed by atoms with E-state index in [2.05, 4.69) is 25.2 Å². The van der Waals surface area contributed by atoms with Gasteiger partial charge >= 0.3 is 6.03 Å². The number of piperidine rings is 2. The fraction of sp³-hybridized carbons (Fsp3) is 0.587. The first-order chi connectivity index (χ1) is 42.2. The van der Waals surface area contributed by atoms with E-state index in [9.17, 15) is 26.4 Å². The van der Waals surface area contributed by atoms with Crippen LogP contribution in [-0.4, -0.2) is 167 Å². The number of fused-ring (bicyclic) bond motifs is 2. The number of benzene rings is 4. The molecule has 7 N–H and O–H groups in total. The Labute approximate surface area is 539 Å². The van der Waals surface area contributed by atoms with E-state index in [1.807, 2.05) is 19.1 Å². The number of halogens is 4. The molecular weight excluding hydrogens is 1250 g/mol. The van der Waals surface area contributed by atoms with Crippen LogP contribution < -0.4 is 36.3 Å². The number of nitrogens with one attached hydrogen (secondary N) is 3. The molecule has 2 aliphatic carbocycles. The molecule has 2 aliphatic heterocycles. The Balaban J connectivity index is 0.594. The molecule has 19 nitrogen and oxygen atoms in total. The highest BCUT2D eigenvalue weighted by Crippen LogP contribution is 2.45. The number of sulfone groups is 1. The Morgan fingerprint density at radius 3 is 1.66 bits per heavy atom. The molecule has 0 unspecified atom stereocenters. The van der Waals surface area contributed by atoms with Crippen LogP contribution >= 0.6 is 46.4 Å². The van der Waals surface area contributed by atoms with Gasteiger partial charge < -0.3 is 50.5 Å². The molecule has 0 spiro atoms. The summed E-state index contributed by atoms with van der Waals surface area (Å²) < 4.78 is 91.7. The summed E-state index contributed by atoms with van der Waals surface area (Å²) in [5, 5.41) is 7.85. The van der Waals surface area contributed by atoms with Gasteiger partial charge in [-0.2, -0.15) is 0 Å². The first-order valence-corrected chi connectivity index (χ1v) is 35.5. The third kappa shape index (κ3) is 20.8. The van der Waals surface area contributed by atoms with Crippen molar-refractivity contribution in [3.05, 3.63) is 115 Å². The van der Waals surface area contributed by atoms with Crippen molar-refractivity contribution in [2.75, 3.05) is 97.9 Å². The lowest BCUT2D eigenvalue weighted by atomic mass is 10.0. The van der Waals surface area contributed by atoms with E-state index in [-0.39, 0.29) is 109 Å². The second-order valence-corrected chi connectivity index (χ2v) is 29.1. The van der Waals surface area contributed by atoms with Crippen LogP contribution in [0, 0.1) is 5.92 Å². The number of carbonyl (C=O) groups excluding carboxylic acids is 2. The maximum absolute atomic E-state index is 13.4. The third-order valence-corrected chi connectivity index (χ3v) is 21.1. The predicted octanol–water partition coefficient (Wildman–Crippen LogP) is 9.29. The second kappa shape index (κ2) is 34.1. The van der Waals surface area contributed by atoms with Crippen molar-refractivity contribution in [2.24, 2.45) is 17.4 Å². The monoisotopic (exact) mass is 1340 g/mol. The van der Waals surface area contributed by atoms with Gasteiger partial charge in [-0.25, -0.2) is 26.4 Å². The summed E-state index contributed by atoms with van der Waals surface area (Å²) in [5.41, 5.74) is 16.6. The number of rotatable bonds is 35. The van der Waals surface area contributed by atoms with Gasteiger partial charge in [0.1, 0.15) is 29.5 Å². The van der Waals surface area contributed by atoms with Gasteiger partial charge in [-0.15, -0.1) is 0 Å². The molecule has 4 aliphatic rings. The summed E-state index contributed by atoms with van der Waals surface area (Å²) in [6, 6.07) is 19.6. The SMILES string of the molecule is C[C@H](COCCOCCNC(=O)NCCCCCC(=O)CCCOCCOC[C@@H](C)NS(=O)(=O)c1ccc(O[C@H]2c3cc(Cl)cc(Cl)c3C[C@@H]2N2CCC[C@@H](N)C2)cc1)CS(=O)(=O)c1ccc(O[C@H]2c3cc(Cl)cc(Cl)c3C[C@@H]2N2CCC[C@@H](N)C2)cc1. The highest BCUT2D eigenvalue weighted by atomic mass is 35.5. The Morgan fingerprint density at radius 1 is 0.602 bits per heavy atom. The van der Waals surface area contributed by atoms with Crippen molar-refractivity contribution < 1.29 is 54.8 Å². The largest absolute Gasteiger partial charge is 0.484 e. The normalized spacial score (nSPS) is 21.4. The van der Waals surface area contributed by atoms with E-state index in [0.29, 0.717) is 90.0 Å². The molecule has 2 heterocycles. The Kier molecular flexibility index (Phi) is 27.2. The molecule has 8 atom stereocenters. The molecule has 0 saturated carbocycles. The summed E-state index contributed by atoms with van der Waals surface area (Å²) in [6.45, 7) is 9.87. The van der Waals surface area contributed by atoms with Crippen molar-refractivity contribution in [2.45, 2.75) is 143 Å². The number of ketones is 1. The van der Waals surface area contributed by atoms with E-state index in [1.54, 1.807) is 55.5 Å².